The first kappa shape index (κ1) is 14.5. The maximum Gasteiger partial charge on any atom is 0.119 e. The van der Waals surface area contributed by atoms with Crippen LogP contribution in [0.25, 0.3) is 0 Å². The summed E-state index contributed by atoms with van der Waals surface area (Å²) in [6, 6.07) is 9.84. The molecule has 0 spiro atoms. The lowest BCUT2D eigenvalue weighted by molar-refractivity contribution is 0.298. The Bertz CT molecular complexity index is 511. The Morgan fingerprint density at radius 2 is 2.00 bits per heavy atom. The molecule has 2 rings (SSSR count). The number of benzene rings is 1. The van der Waals surface area contributed by atoms with E-state index in [0.29, 0.717) is 13.0 Å². The van der Waals surface area contributed by atoms with E-state index < -0.39 is 0 Å². The second kappa shape index (κ2) is 7.65. The Labute approximate surface area is 119 Å². The van der Waals surface area contributed by atoms with Gasteiger partial charge in [0.25, 0.3) is 0 Å². The molecule has 0 aliphatic rings. The van der Waals surface area contributed by atoms with Gasteiger partial charge in [0.2, 0.25) is 0 Å². The number of ether oxygens (including phenoxy) is 1. The molecule has 0 unspecified atom stereocenters. The standard InChI is InChI=1S/C15H21N3O2/c1-13-15(9-11-19)16-17-18(13)10-5-6-12-20-14-7-3-2-4-8-14/h2-4,7-8,19H,5-6,9-12H2,1H3. The first-order chi connectivity index (χ1) is 9.81. The number of hydrogen-bond donors (Lipinski definition) is 1. The van der Waals surface area contributed by atoms with Crippen LogP contribution in [0, 0.1) is 6.92 Å². The molecule has 0 saturated carbocycles. The average molecular weight is 275 g/mol. The summed E-state index contributed by atoms with van der Waals surface area (Å²) in [6.45, 7) is 3.65. The lowest BCUT2D eigenvalue weighted by atomic mass is 10.2. The largest absolute Gasteiger partial charge is 0.494 e. The Balaban J connectivity index is 1.68. The van der Waals surface area contributed by atoms with E-state index in [0.717, 1.165) is 36.5 Å². The van der Waals surface area contributed by atoms with E-state index >= 15 is 0 Å². The fourth-order valence-electron chi connectivity index (χ4n) is 2.02. The van der Waals surface area contributed by atoms with Crippen LogP contribution in [0.15, 0.2) is 30.3 Å². The van der Waals surface area contributed by atoms with E-state index in [1.165, 1.54) is 0 Å². The number of nitrogens with zero attached hydrogens (tertiary/aromatic N) is 3. The number of aliphatic hydroxyl groups is 1. The van der Waals surface area contributed by atoms with Gasteiger partial charge in [0.1, 0.15) is 5.75 Å². The van der Waals surface area contributed by atoms with Crippen LogP contribution in [0.1, 0.15) is 24.2 Å². The van der Waals surface area contributed by atoms with Gasteiger partial charge < -0.3 is 9.84 Å². The van der Waals surface area contributed by atoms with Gasteiger partial charge in [-0.25, -0.2) is 4.68 Å². The molecule has 5 heteroatoms. The van der Waals surface area contributed by atoms with Crippen LogP contribution in [0.4, 0.5) is 0 Å². The molecule has 1 aromatic heterocycles. The summed E-state index contributed by atoms with van der Waals surface area (Å²) in [7, 11) is 0. The van der Waals surface area contributed by atoms with Crippen molar-refractivity contribution in [2.75, 3.05) is 13.2 Å². The van der Waals surface area contributed by atoms with E-state index in [9.17, 15) is 0 Å². The van der Waals surface area contributed by atoms with Crippen LogP contribution in [0.3, 0.4) is 0 Å². The van der Waals surface area contributed by atoms with Gasteiger partial charge in [-0.3, -0.25) is 0 Å². The predicted octanol–water partition coefficient (Wildman–Crippen LogP) is 1.98. The summed E-state index contributed by atoms with van der Waals surface area (Å²) < 4.78 is 7.54. The number of aryl methyl sites for hydroxylation is 1. The molecule has 0 aliphatic carbocycles. The van der Waals surface area contributed by atoms with Crippen LogP contribution in [0.2, 0.25) is 0 Å². The van der Waals surface area contributed by atoms with Crippen LogP contribution in [-0.4, -0.2) is 33.3 Å². The minimum atomic E-state index is 0.116. The van der Waals surface area contributed by atoms with E-state index in [4.69, 9.17) is 9.84 Å². The van der Waals surface area contributed by atoms with Gasteiger partial charge in [-0.15, -0.1) is 5.10 Å². The van der Waals surface area contributed by atoms with Gasteiger partial charge in [-0.1, -0.05) is 23.4 Å². The Hall–Kier alpha value is -1.88. The molecular formula is C15H21N3O2. The van der Waals surface area contributed by atoms with Gasteiger partial charge in [-0.05, 0) is 31.9 Å². The molecule has 0 amide bonds. The highest BCUT2D eigenvalue weighted by Gasteiger charge is 2.07. The molecule has 0 aliphatic heterocycles. The third kappa shape index (κ3) is 4.06. The fraction of sp³-hybridized carbons (Fsp3) is 0.467. The molecular weight excluding hydrogens is 254 g/mol. The Morgan fingerprint density at radius 1 is 1.20 bits per heavy atom. The van der Waals surface area contributed by atoms with Crippen LogP contribution < -0.4 is 4.74 Å². The molecule has 20 heavy (non-hydrogen) atoms. The molecule has 1 heterocycles. The van der Waals surface area contributed by atoms with E-state index in [2.05, 4.69) is 10.3 Å². The van der Waals surface area contributed by atoms with E-state index in [1.807, 2.05) is 41.9 Å². The van der Waals surface area contributed by atoms with Crippen molar-refractivity contribution in [2.24, 2.45) is 0 Å². The van der Waals surface area contributed by atoms with Crippen molar-refractivity contribution in [3.05, 3.63) is 41.7 Å². The van der Waals surface area contributed by atoms with Crippen molar-refractivity contribution in [3.63, 3.8) is 0 Å². The number of unbranched alkanes of at least 4 members (excludes halogenated alkanes) is 1. The lowest BCUT2D eigenvalue weighted by Gasteiger charge is -2.06. The van der Waals surface area contributed by atoms with Crippen LogP contribution in [0.5, 0.6) is 5.75 Å². The average Bonchev–Trinajstić information content (AvgIpc) is 2.82. The maximum atomic E-state index is 8.91. The smallest absolute Gasteiger partial charge is 0.119 e. The molecule has 1 aromatic carbocycles. The molecule has 0 fully saturated rings. The van der Waals surface area contributed by atoms with Gasteiger partial charge in [0.15, 0.2) is 0 Å². The van der Waals surface area contributed by atoms with Gasteiger partial charge in [-0.2, -0.15) is 0 Å². The van der Waals surface area contributed by atoms with Gasteiger partial charge in [0.05, 0.1) is 18.0 Å². The zero-order chi connectivity index (χ0) is 14.2. The maximum absolute atomic E-state index is 8.91. The third-order valence-corrected chi connectivity index (χ3v) is 3.20. The van der Waals surface area contributed by atoms with Crippen molar-refractivity contribution in [1.82, 2.24) is 15.0 Å². The van der Waals surface area contributed by atoms with Crippen molar-refractivity contribution >= 4 is 0 Å². The monoisotopic (exact) mass is 275 g/mol. The summed E-state index contributed by atoms with van der Waals surface area (Å²) in [4.78, 5) is 0. The number of rotatable bonds is 8. The molecule has 2 aromatic rings. The Kier molecular flexibility index (Phi) is 5.55. The van der Waals surface area contributed by atoms with Crippen molar-refractivity contribution in [3.8, 4) is 5.75 Å². The summed E-state index contributed by atoms with van der Waals surface area (Å²) >= 11 is 0. The van der Waals surface area contributed by atoms with Crippen molar-refractivity contribution in [1.29, 1.82) is 0 Å². The lowest BCUT2D eigenvalue weighted by Crippen LogP contribution is -2.05. The van der Waals surface area contributed by atoms with Crippen molar-refractivity contribution < 1.29 is 9.84 Å². The van der Waals surface area contributed by atoms with Crippen LogP contribution >= 0.6 is 0 Å². The minimum Gasteiger partial charge on any atom is -0.494 e. The fourth-order valence-corrected chi connectivity index (χ4v) is 2.02. The first-order valence-corrected chi connectivity index (χ1v) is 6.99. The van der Waals surface area contributed by atoms with Crippen molar-refractivity contribution in [2.45, 2.75) is 32.7 Å². The number of para-hydroxylation sites is 1. The third-order valence-electron chi connectivity index (χ3n) is 3.20. The molecule has 108 valence electrons. The molecule has 0 radical (unpaired) electrons. The van der Waals surface area contributed by atoms with E-state index in [1.54, 1.807) is 0 Å². The Morgan fingerprint density at radius 3 is 2.75 bits per heavy atom. The molecule has 0 atom stereocenters. The zero-order valence-corrected chi connectivity index (χ0v) is 11.8. The van der Waals surface area contributed by atoms with Gasteiger partial charge in [0, 0.05) is 19.6 Å². The highest BCUT2D eigenvalue weighted by atomic mass is 16.5. The second-order valence-electron chi connectivity index (χ2n) is 4.69. The molecule has 0 saturated heterocycles. The number of aromatic nitrogens is 3. The normalized spacial score (nSPS) is 10.7. The quantitative estimate of drug-likeness (QED) is 0.748. The molecule has 1 N–H and O–H groups in total. The summed E-state index contributed by atoms with van der Waals surface area (Å²) in [6.07, 6.45) is 2.54. The zero-order valence-electron chi connectivity index (χ0n) is 11.8. The van der Waals surface area contributed by atoms with Gasteiger partial charge >= 0.3 is 0 Å². The number of aliphatic hydroxyl groups excluding tert-OH is 1. The van der Waals surface area contributed by atoms with E-state index in [-0.39, 0.29) is 6.61 Å². The highest BCUT2D eigenvalue weighted by Crippen LogP contribution is 2.10. The predicted molar refractivity (Wildman–Crippen MR) is 76.7 cm³/mol. The SMILES string of the molecule is Cc1c(CCO)nnn1CCCCOc1ccccc1. The summed E-state index contributed by atoms with van der Waals surface area (Å²) in [5, 5.41) is 17.1. The summed E-state index contributed by atoms with van der Waals surface area (Å²) in [5.74, 6) is 0.912. The highest BCUT2D eigenvalue weighted by molar-refractivity contribution is 5.20. The second-order valence-corrected chi connectivity index (χ2v) is 4.69. The first-order valence-electron chi connectivity index (χ1n) is 6.99. The topological polar surface area (TPSA) is 60.2 Å². The summed E-state index contributed by atoms with van der Waals surface area (Å²) in [5.41, 5.74) is 1.93. The molecule has 0 bridgehead atoms. The molecule has 5 nitrogen and oxygen atoms in total. The van der Waals surface area contributed by atoms with Crippen LogP contribution in [-0.2, 0) is 13.0 Å². The number of hydrogen-bond acceptors (Lipinski definition) is 4. The minimum absolute atomic E-state index is 0.116.